The quantitative estimate of drug-likeness (QED) is 0.231. The molecule has 1 aliphatic heterocycles. The molecule has 4 rings (SSSR count). The first kappa shape index (κ1) is 28.8. The van der Waals surface area contributed by atoms with Gasteiger partial charge in [-0.2, -0.15) is 0 Å². The van der Waals surface area contributed by atoms with Gasteiger partial charge in [0, 0.05) is 48.0 Å². The third-order valence-electron chi connectivity index (χ3n) is 6.97. The number of thiophene rings is 1. The van der Waals surface area contributed by atoms with Crippen LogP contribution in [-0.4, -0.2) is 48.5 Å². The lowest BCUT2D eigenvalue weighted by Crippen LogP contribution is -2.49. The molecule has 40 heavy (non-hydrogen) atoms. The van der Waals surface area contributed by atoms with Gasteiger partial charge < -0.3 is 31.4 Å². The zero-order chi connectivity index (χ0) is 29.0. The van der Waals surface area contributed by atoms with E-state index in [-0.39, 0.29) is 35.5 Å². The van der Waals surface area contributed by atoms with Crippen molar-refractivity contribution < 1.29 is 23.5 Å². The number of carbonyl (C=O) groups is 3. The van der Waals surface area contributed by atoms with Crippen LogP contribution in [0.1, 0.15) is 60.5 Å². The Labute approximate surface area is 236 Å². The Morgan fingerprint density at radius 2 is 2.00 bits per heavy atom. The summed E-state index contributed by atoms with van der Waals surface area (Å²) in [4.78, 5) is 42.6. The minimum Gasteiger partial charge on any atom is -0.496 e. The van der Waals surface area contributed by atoms with Crippen LogP contribution in [0, 0.1) is 18.2 Å². The molecule has 3 aromatic rings. The first-order chi connectivity index (χ1) is 19.1. The normalized spacial score (nSPS) is 13.2. The topological polar surface area (TPSA) is 138 Å². The number of methoxy groups -OCH3 is 1. The van der Waals surface area contributed by atoms with Crippen LogP contribution < -0.4 is 21.1 Å². The Kier molecular flexibility index (Phi) is 8.83. The molecule has 0 unspecified atom stereocenters. The Morgan fingerprint density at radius 1 is 1.23 bits per heavy atom. The van der Waals surface area contributed by atoms with Crippen molar-refractivity contribution in [1.29, 1.82) is 5.41 Å². The van der Waals surface area contributed by atoms with Crippen LogP contribution in [0.15, 0.2) is 36.4 Å². The highest BCUT2D eigenvalue weighted by atomic mass is 32.1. The van der Waals surface area contributed by atoms with E-state index in [0.717, 1.165) is 22.2 Å². The SMILES string of the molecule is CC[C@@H](NC(=O)c1cc(C=N)c(N)cc1OC)C(=O)N1CCc2sc(C(=O)NCc3cc(F)ccc3C)cc2C1. The van der Waals surface area contributed by atoms with E-state index in [4.69, 9.17) is 15.9 Å². The lowest BCUT2D eigenvalue weighted by Gasteiger charge is -2.30. The summed E-state index contributed by atoms with van der Waals surface area (Å²) in [6.07, 6.45) is 2.03. The van der Waals surface area contributed by atoms with Gasteiger partial charge >= 0.3 is 0 Å². The van der Waals surface area contributed by atoms with Crippen LogP contribution in [0.2, 0.25) is 0 Å². The van der Waals surface area contributed by atoms with Crippen molar-refractivity contribution >= 4 is 41.0 Å². The molecule has 5 N–H and O–H groups in total. The van der Waals surface area contributed by atoms with Gasteiger partial charge in [-0.25, -0.2) is 4.39 Å². The van der Waals surface area contributed by atoms with Crippen LogP contribution in [0.25, 0.3) is 0 Å². The number of hydrogen-bond donors (Lipinski definition) is 4. The van der Waals surface area contributed by atoms with Crippen molar-refractivity contribution in [2.75, 3.05) is 19.4 Å². The number of nitrogen functional groups attached to an aromatic ring is 1. The molecular formula is C29H32FN5O4S. The summed E-state index contributed by atoms with van der Waals surface area (Å²) in [5, 5.41) is 13.2. The number of nitrogens with zero attached hydrogens (tertiary/aromatic N) is 1. The summed E-state index contributed by atoms with van der Waals surface area (Å²) < 4.78 is 18.9. The molecular weight excluding hydrogens is 533 g/mol. The van der Waals surface area contributed by atoms with Crippen LogP contribution >= 0.6 is 11.3 Å². The van der Waals surface area contributed by atoms with Crippen molar-refractivity contribution in [3.05, 3.63) is 79.8 Å². The fourth-order valence-corrected chi connectivity index (χ4v) is 5.68. The predicted octanol–water partition coefficient (Wildman–Crippen LogP) is 3.81. The van der Waals surface area contributed by atoms with E-state index in [0.29, 0.717) is 47.6 Å². The van der Waals surface area contributed by atoms with Crippen LogP contribution in [0.3, 0.4) is 0 Å². The molecule has 2 aromatic carbocycles. The second-order valence-corrected chi connectivity index (χ2v) is 10.7. The van der Waals surface area contributed by atoms with E-state index in [1.54, 1.807) is 17.0 Å². The van der Waals surface area contributed by atoms with Gasteiger partial charge in [-0.3, -0.25) is 14.4 Å². The number of benzene rings is 2. The van der Waals surface area contributed by atoms with Crippen LogP contribution in [0.4, 0.5) is 10.1 Å². The molecule has 1 aromatic heterocycles. The smallest absolute Gasteiger partial charge is 0.261 e. The lowest BCUT2D eigenvalue weighted by molar-refractivity contribution is -0.134. The molecule has 9 nitrogen and oxygen atoms in total. The number of anilines is 1. The van der Waals surface area contributed by atoms with E-state index in [1.165, 1.54) is 42.7 Å². The molecule has 2 heterocycles. The standard InChI is InChI=1S/C29H32FN5O4S/c1-4-23(34-27(36)21-10-17(13-31)22(32)12-24(21)39-3)29(38)35-8-7-25-19(15-35)11-26(40-25)28(37)33-14-18-9-20(30)6-5-16(18)2/h5-6,9-13,23,31H,4,7-8,14-15,32H2,1-3H3,(H,33,37)(H,34,36)/t23-/m1/s1. The Morgan fingerprint density at radius 3 is 2.70 bits per heavy atom. The molecule has 0 bridgehead atoms. The van der Waals surface area contributed by atoms with Crippen LogP contribution in [-0.2, 0) is 24.3 Å². The molecule has 210 valence electrons. The number of carbonyl (C=O) groups excluding carboxylic acids is 3. The van der Waals surface area contributed by atoms with Gasteiger partial charge in [0.15, 0.2) is 0 Å². The summed E-state index contributed by atoms with van der Waals surface area (Å²) in [6, 6.07) is 8.46. The van der Waals surface area contributed by atoms with Gasteiger partial charge in [-0.05, 0) is 60.7 Å². The van der Waals surface area contributed by atoms with Crippen LogP contribution in [0.5, 0.6) is 5.75 Å². The number of nitrogens with one attached hydrogen (secondary N) is 3. The first-order valence-corrected chi connectivity index (χ1v) is 13.7. The van der Waals surface area contributed by atoms with Gasteiger partial charge in [0.1, 0.15) is 17.6 Å². The Bertz CT molecular complexity index is 1470. The predicted molar refractivity (Wildman–Crippen MR) is 153 cm³/mol. The van der Waals surface area contributed by atoms with Gasteiger partial charge in [0.2, 0.25) is 5.91 Å². The molecule has 0 saturated heterocycles. The number of rotatable bonds is 9. The van der Waals surface area contributed by atoms with Gasteiger partial charge in [0.25, 0.3) is 11.8 Å². The van der Waals surface area contributed by atoms with Gasteiger partial charge in [-0.1, -0.05) is 13.0 Å². The number of amides is 3. The highest BCUT2D eigenvalue weighted by molar-refractivity contribution is 7.14. The number of halogens is 1. The number of aryl methyl sites for hydroxylation is 1. The molecule has 0 radical (unpaired) electrons. The van der Waals surface area contributed by atoms with E-state index in [2.05, 4.69) is 10.6 Å². The molecule has 11 heteroatoms. The minimum absolute atomic E-state index is 0.185. The fraction of sp³-hybridized carbons (Fsp3) is 0.310. The molecule has 3 amide bonds. The van der Waals surface area contributed by atoms with Gasteiger partial charge in [-0.15, -0.1) is 11.3 Å². The maximum absolute atomic E-state index is 13.6. The maximum Gasteiger partial charge on any atom is 0.261 e. The van der Waals surface area contributed by atoms with E-state index in [9.17, 15) is 18.8 Å². The highest BCUT2D eigenvalue weighted by Crippen LogP contribution is 2.29. The summed E-state index contributed by atoms with van der Waals surface area (Å²) >= 11 is 1.39. The van der Waals surface area contributed by atoms with Crippen molar-refractivity contribution in [2.45, 2.75) is 45.8 Å². The third kappa shape index (κ3) is 6.15. The molecule has 0 fully saturated rings. The average molecular weight is 566 g/mol. The molecule has 1 atom stereocenters. The number of hydrogen-bond acceptors (Lipinski definition) is 7. The summed E-state index contributed by atoms with van der Waals surface area (Å²) in [5.41, 5.74) is 9.27. The molecule has 0 spiro atoms. The van der Waals surface area contributed by atoms with Crippen molar-refractivity contribution in [1.82, 2.24) is 15.5 Å². The average Bonchev–Trinajstić information content (AvgIpc) is 3.39. The zero-order valence-electron chi connectivity index (χ0n) is 22.6. The summed E-state index contributed by atoms with van der Waals surface area (Å²) in [7, 11) is 1.42. The first-order valence-electron chi connectivity index (χ1n) is 12.9. The van der Waals surface area contributed by atoms with Crippen molar-refractivity contribution in [3.8, 4) is 5.75 Å². The number of fused-ring (bicyclic) bond motifs is 1. The van der Waals surface area contributed by atoms with E-state index < -0.39 is 11.9 Å². The van der Waals surface area contributed by atoms with Gasteiger partial charge in [0.05, 0.1) is 17.6 Å². The van der Waals surface area contributed by atoms with E-state index >= 15 is 0 Å². The Hall–Kier alpha value is -4.25. The monoisotopic (exact) mass is 565 g/mol. The maximum atomic E-state index is 13.6. The van der Waals surface area contributed by atoms with E-state index in [1.807, 2.05) is 13.8 Å². The molecule has 0 saturated carbocycles. The molecule has 1 aliphatic rings. The minimum atomic E-state index is -0.768. The summed E-state index contributed by atoms with van der Waals surface area (Å²) in [5.74, 6) is -1.07. The number of nitrogens with two attached hydrogens (primary N) is 1. The summed E-state index contributed by atoms with van der Waals surface area (Å²) in [6.45, 7) is 4.69. The lowest BCUT2D eigenvalue weighted by atomic mass is 10.0. The molecule has 0 aliphatic carbocycles. The largest absolute Gasteiger partial charge is 0.496 e. The Balaban J connectivity index is 1.42. The third-order valence-corrected chi connectivity index (χ3v) is 8.21. The zero-order valence-corrected chi connectivity index (χ0v) is 23.4. The second-order valence-electron chi connectivity index (χ2n) is 9.58. The highest BCUT2D eigenvalue weighted by Gasteiger charge is 2.30. The number of ether oxygens (including phenoxy) is 1. The van der Waals surface area contributed by atoms with Crippen molar-refractivity contribution in [2.24, 2.45) is 0 Å². The van der Waals surface area contributed by atoms with Crippen molar-refractivity contribution in [3.63, 3.8) is 0 Å². The second kappa shape index (κ2) is 12.3. The fourth-order valence-electron chi connectivity index (χ4n) is 4.60.